The van der Waals surface area contributed by atoms with Crippen LogP contribution >= 0.6 is 24.2 Å². The highest BCUT2D eigenvalue weighted by Crippen LogP contribution is 2.19. The quantitative estimate of drug-likeness (QED) is 0.893. The molecule has 4 nitrogen and oxygen atoms in total. The average molecular weight is 303 g/mol. The molecule has 6 heteroatoms. The number of nitrogens with one attached hydrogen (secondary N) is 2. The Balaban J connectivity index is 0.00000180. The first-order valence-corrected chi connectivity index (χ1v) is 7.11. The lowest BCUT2D eigenvalue weighted by Crippen LogP contribution is -2.42. The maximum absolute atomic E-state index is 12.0. The summed E-state index contributed by atoms with van der Waals surface area (Å²) in [4.78, 5) is 12.0. The van der Waals surface area contributed by atoms with E-state index in [1.807, 2.05) is 31.2 Å². The van der Waals surface area contributed by atoms with Crippen molar-refractivity contribution in [2.24, 2.45) is 0 Å². The van der Waals surface area contributed by atoms with E-state index in [-0.39, 0.29) is 30.4 Å². The summed E-state index contributed by atoms with van der Waals surface area (Å²) in [7, 11) is 1.64. The van der Waals surface area contributed by atoms with Crippen molar-refractivity contribution in [2.45, 2.75) is 19.0 Å². The first kappa shape index (κ1) is 16.1. The fraction of sp³-hybridized carbons (Fsp3) is 0.462. The number of carbonyl (C=O) groups is 1. The van der Waals surface area contributed by atoms with Crippen LogP contribution in [-0.4, -0.2) is 30.7 Å². The summed E-state index contributed by atoms with van der Waals surface area (Å²) >= 11 is 1.75. The summed E-state index contributed by atoms with van der Waals surface area (Å²) in [6.07, 6.45) is 0. The normalized spacial score (nSPS) is 19.4. The van der Waals surface area contributed by atoms with Gasteiger partial charge < -0.3 is 10.1 Å². The topological polar surface area (TPSA) is 50.4 Å². The molecule has 2 rings (SSSR count). The number of benzene rings is 1. The van der Waals surface area contributed by atoms with E-state index in [0.717, 1.165) is 22.9 Å². The van der Waals surface area contributed by atoms with Gasteiger partial charge in [-0.15, -0.1) is 24.2 Å². The molecule has 0 spiro atoms. The minimum absolute atomic E-state index is 0. The summed E-state index contributed by atoms with van der Waals surface area (Å²) < 4.78 is 5.18. The monoisotopic (exact) mass is 302 g/mol. The first-order valence-electron chi connectivity index (χ1n) is 5.96. The molecule has 1 aromatic carbocycles. The Hall–Kier alpha value is -0.910. The van der Waals surface area contributed by atoms with E-state index in [2.05, 4.69) is 10.6 Å². The zero-order valence-corrected chi connectivity index (χ0v) is 12.6. The van der Waals surface area contributed by atoms with E-state index >= 15 is 0 Å². The zero-order chi connectivity index (χ0) is 13.0. The molecule has 1 aliphatic rings. The number of hydrogen-bond donors (Lipinski definition) is 2. The van der Waals surface area contributed by atoms with Gasteiger partial charge in [-0.1, -0.05) is 12.1 Å². The largest absolute Gasteiger partial charge is 0.497 e. The van der Waals surface area contributed by atoms with Gasteiger partial charge >= 0.3 is 0 Å². The van der Waals surface area contributed by atoms with Crippen LogP contribution in [0.4, 0.5) is 0 Å². The molecule has 106 valence electrons. The number of carbonyl (C=O) groups excluding carboxylic acids is 1. The van der Waals surface area contributed by atoms with Gasteiger partial charge in [0, 0.05) is 11.6 Å². The standard InChI is InChI=1S/C13H18N2O2S.ClH/c1-9(10-4-3-5-11(6-10)17-2)15-13(16)12-7-18-8-14-12;/h3-6,9,12,14H,7-8H2,1-2H3,(H,15,16);1H. The van der Waals surface area contributed by atoms with Crippen molar-refractivity contribution in [2.75, 3.05) is 18.7 Å². The molecule has 0 saturated carbocycles. The summed E-state index contributed by atoms with van der Waals surface area (Å²) in [5.74, 6) is 2.57. The van der Waals surface area contributed by atoms with Gasteiger partial charge in [-0.3, -0.25) is 10.1 Å². The molecule has 0 bridgehead atoms. The number of rotatable bonds is 4. The number of ether oxygens (including phenoxy) is 1. The van der Waals surface area contributed by atoms with Crippen LogP contribution in [0.3, 0.4) is 0 Å². The second kappa shape index (κ2) is 7.62. The molecule has 1 fully saturated rings. The van der Waals surface area contributed by atoms with Crippen molar-refractivity contribution >= 4 is 30.1 Å². The third-order valence-electron chi connectivity index (χ3n) is 2.99. The smallest absolute Gasteiger partial charge is 0.238 e. The molecule has 1 aromatic rings. The highest BCUT2D eigenvalue weighted by Gasteiger charge is 2.23. The molecule has 2 unspecified atom stereocenters. The van der Waals surface area contributed by atoms with E-state index < -0.39 is 0 Å². The van der Waals surface area contributed by atoms with Gasteiger partial charge in [0.2, 0.25) is 5.91 Å². The molecule has 2 N–H and O–H groups in total. The molecule has 0 aliphatic carbocycles. The van der Waals surface area contributed by atoms with Crippen molar-refractivity contribution in [1.29, 1.82) is 0 Å². The van der Waals surface area contributed by atoms with E-state index in [9.17, 15) is 4.79 Å². The van der Waals surface area contributed by atoms with Crippen LogP contribution < -0.4 is 15.4 Å². The van der Waals surface area contributed by atoms with E-state index in [0.29, 0.717) is 0 Å². The minimum atomic E-state index is -0.0666. The molecule has 1 heterocycles. The highest BCUT2D eigenvalue weighted by molar-refractivity contribution is 7.99. The Kier molecular flexibility index (Phi) is 6.48. The van der Waals surface area contributed by atoms with Crippen molar-refractivity contribution in [3.63, 3.8) is 0 Å². The number of amides is 1. The molecule has 1 saturated heterocycles. The van der Waals surface area contributed by atoms with Gasteiger partial charge in [0.1, 0.15) is 5.75 Å². The predicted octanol–water partition coefficient (Wildman–Crippen LogP) is 1.96. The van der Waals surface area contributed by atoms with Crippen LogP contribution in [0.15, 0.2) is 24.3 Å². The Labute approximate surface area is 124 Å². The van der Waals surface area contributed by atoms with Crippen LogP contribution in [0.25, 0.3) is 0 Å². The van der Waals surface area contributed by atoms with Crippen LogP contribution in [-0.2, 0) is 4.79 Å². The summed E-state index contributed by atoms with van der Waals surface area (Å²) in [6, 6.07) is 7.68. The maximum atomic E-state index is 12.0. The van der Waals surface area contributed by atoms with Crippen LogP contribution in [0.5, 0.6) is 5.75 Å². The Morgan fingerprint density at radius 1 is 1.58 bits per heavy atom. The molecule has 19 heavy (non-hydrogen) atoms. The molecular formula is C13H19ClN2O2S. The third-order valence-corrected chi connectivity index (χ3v) is 3.93. The Bertz CT molecular complexity index is 425. The zero-order valence-electron chi connectivity index (χ0n) is 11.0. The lowest BCUT2D eigenvalue weighted by Gasteiger charge is -2.17. The van der Waals surface area contributed by atoms with Crippen LogP contribution in [0.2, 0.25) is 0 Å². The summed E-state index contributed by atoms with van der Waals surface area (Å²) in [5, 5.41) is 6.18. The van der Waals surface area contributed by atoms with Crippen molar-refractivity contribution in [3.05, 3.63) is 29.8 Å². The predicted molar refractivity (Wildman–Crippen MR) is 81.0 cm³/mol. The lowest BCUT2D eigenvalue weighted by atomic mass is 10.1. The maximum Gasteiger partial charge on any atom is 0.238 e. The number of thioether (sulfide) groups is 1. The van der Waals surface area contributed by atoms with Crippen LogP contribution in [0, 0.1) is 0 Å². The molecule has 0 aromatic heterocycles. The van der Waals surface area contributed by atoms with Gasteiger partial charge in [-0.25, -0.2) is 0 Å². The van der Waals surface area contributed by atoms with Gasteiger partial charge in [-0.05, 0) is 24.6 Å². The van der Waals surface area contributed by atoms with Gasteiger partial charge in [0.05, 0.1) is 19.2 Å². The molecule has 2 atom stereocenters. The molecule has 0 radical (unpaired) electrons. The Morgan fingerprint density at radius 3 is 3.00 bits per heavy atom. The minimum Gasteiger partial charge on any atom is -0.497 e. The van der Waals surface area contributed by atoms with Gasteiger partial charge in [-0.2, -0.15) is 0 Å². The molecule has 1 amide bonds. The molecular weight excluding hydrogens is 284 g/mol. The van der Waals surface area contributed by atoms with Crippen molar-refractivity contribution in [1.82, 2.24) is 10.6 Å². The van der Waals surface area contributed by atoms with Crippen molar-refractivity contribution in [3.8, 4) is 5.75 Å². The second-order valence-corrected chi connectivity index (χ2v) is 5.31. The second-order valence-electron chi connectivity index (χ2n) is 4.28. The number of methoxy groups -OCH3 is 1. The summed E-state index contributed by atoms with van der Waals surface area (Å²) in [5.41, 5.74) is 1.05. The SMILES string of the molecule is COc1cccc(C(C)NC(=O)C2CSCN2)c1.Cl. The first-order chi connectivity index (χ1) is 8.70. The molecule has 1 aliphatic heterocycles. The van der Waals surface area contributed by atoms with Gasteiger partial charge in [0.25, 0.3) is 0 Å². The summed E-state index contributed by atoms with van der Waals surface area (Å²) in [6.45, 7) is 1.98. The lowest BCUT2D eigenvalue weighted by molar-refractivity contribution is -0.123. The van der Waals surface area contributed by atoms with Crippen molar-refractivity contribution < 1.29 is 9.53 Å². The third kappa shape index (κ3) is 4.30. The highest BCUT2D eigenvalue weighted by atomic mass is 35.5. The van der Waals surface area contributed by atoms with Gasteiger partial charge in [0.15, 0.2) is 0 Å². The average Bonchev–Trinajstić information content (AvgIpc) is 2.92. The van der Waals surface area contributed by atoms with E-state index in [1.54, 1.807) is 18.9 Å². The fourth-order valence-electron chi connectivity index (χ4n) is 1.87. The van der Waals surface area contributed by atoms with E-state index in [4.69, 9.17) is 4.74 Å². The van der Waals surface area contributed by atoms with Crippen LogP contribution in [0.1, 0.15) is 18.5 Å². The number of hydrogen-bond acceptors (Lipinski definition) is 4. The Morgan fingerprint density at radius 2 is 2.37 bits per heavy atom. The fourth-order valence-corrected chi connectivity index (χ4v) is 2.81. The van der Waals surface area contributed by atoms with E-state index in [1.165, 1.54) is 0 Å². The number of halogens is 1.